The molecule has 6 nitrogen and oxygen atoms in total. The molecule has 1 N–H and O–H groups in total. The minimum absolute atomic E-state index is 0.0526. The number of likely N-dealkylation sites (tertiary alicyclic amines) is 1. The summed E-state index contributed by atoms with van der Waals surface area (Å²) in [5, 5.41) is 3.15. The van der Waals surface area contributed by atoms with E-state index in [1.807, 2.05) is 29.8 Å². The van der Waals surface area contributed by atoms with Crippen molar-refractivity contribution >= 4 is 5.91 Å². The minimum Gasteiger partial charge on any atom is -0.495 e. The van der Waals surface area contributed by atoms with Crippen LogP contribution in [0, 0.1) is 12.7 Å². The number of piperidine rings is 1. The third-order valence-corrected chi connectivity index (χ3v) is 5.57. The average Bonchev–Trinajstić information content (AvgIpc) is 3.19. The Hall–Kier alpha value is -3.19. The van der Waals surface area contributed by atoms with Gasteiger partial charge in [0.15, 0.2) is 0 Å². The fourth-order valence-electron chi connectivity index (χ4n) is 4.06. The van der Waals surface area contributed by atoms with Gasteiger partial charge in [0.1, 0.15) is 11.6 Å². The molecule has 1 aromatic heterocycles. The summed E-state index contributed by atoms with van der Waals surface area (Å²) >= 11 is 0. The lowest BCUT2D eigenvalue weighted by molar-refractivity contribution is 0.0900. The summed E-state index contributed by atoms with van der Waals surface area (Å²) < 4.78 is 20.9. The second kappa shape index (κ2) is 9.31. The molecule has 0 aliphatic carbocycles. The summed E-state index contributed by atoms with van der Waals surface area (Å²) in [7, 11) is 1.59. The summed E-state index contributed by atoms with van der Waals surface area (Å²) in [4.78, 5) is 19.4. The molecule has 1 aliphatic heterocycles. The van der Waals surface area contributed by atoms with E-state index in [1.165, 1.54) is 6.07 Å². The predicted octanol–water partition coefficient (Wildman–Crippen LogP) is 3.72. The zero-order chi connectivity index (χ0) is 21.8. The van der Waals surface area contributed by atoms with Crippen LogP contribution in [0.15, 0.2) is 55.0 Å². The first kappa shape index (κ1) is 21.1. The Kier molecular flexibility index (Phi) is 6.32. The number of aryl methyl sites for hydroxylation is 1. The van der Waals surface area contributed by atoms with Gasteiger partial charge < -0.3 is 14.6 Å². The fraction of sp³-hybridized carbons (Fsp3) is 0.333. The van der Waals surface area contributed by atoms with Gasteiger partial charge in [0, 0.05) is 30.9 Å². The molecule has 1 amide bonds. The van der Waals surface area contributed by atoms with Crippen LogP contribution in [0.3, 0.4) is 0 Å². The van der Waals surface area contributed by atoms with E-state index >= 15 is 0 Å². The van der Waals surface area contributed by atoms with Crippen molar-refractivity contribution in [1.82, 2.24) is 19.8 Å². The number of imidazole rings is 1. The molecule has 1 atom stereocenters. The van der Waals surface area contributed by atoms with Gasteiger partial charge in [-0.05, 0) is 62.2 Å². The van der Waals surface area contributed by atoms with Crippen LogP contribution in [-0.4, -0.2) is 46.6 Å². The Bertz CT molecular complexity index is 1070. The van der Waals surface area contributed by atoms with Crippen LogP contribution < -0.4 is 10.1 Å². The van der Waals surface area contributed by atoms with Crippen molar-refractivity contribution < 1.29 is 13.9 Å². The number of nitrogens with one attached hydrogen (secondary N) is 1. The highest BCUT2D eigenvalue weighted by Crippen LogP contribution is 2.25. The van der Waals surface area contributed by atoms with Gasteiger partial charge in [-0.15, -0.1) is 0 Å². The number of hydrogen-bond acceptors (Lipinski definition) is 4. The smallest absolute Gasteiger partial charge is 0.251 e. The van der Waals surface area contributed by atoms with E-state index < -0.39 is 0 Å². The number of amides is 1. The molecule has 0 spiro atoms. The molecule has 2 aromatic carbocycles. The summed E-state index contributed by atoms with van der Waals surface area (Å²) in [5.74, 6) is 0.272. The number of rotatable bonds is 6. The molecule has 0 saturated carbocycles. The zero-order valence-electron chi connectivity index (χ0n) is 17.8. The Labute approximate surface area is 181 Å². The number of carbonyl (C=O) groups excluding carboxylic acids is 1. The topological polar surface area (TPSA) is 59.4 Å². The van der Waals surface area contributed by atoms with Crippen LogP contribution in [0.5, 0.6) is 5.75 Å². The molecule has 1 fully saturated rings. The van der Waals surface area contributed by atoms with Crippen molar-refractivity contribution in [3.05, 3.63) is 77.6 Å². The first-order valence-electron chi connectivity index (χ1n) is 10.5. The van der Waals surface area contributed by atoms with Crippen LogP contribution in [-0.2, 0) is 6.54 Å². The van der Waals surface area contributed by atoms with Crippen molar-refractivity contribution in [3.8, 4) is 11.4 Å². The van der Waals surface area contributed by atoms with Crippen molar-refractivity contribution in [2.45, 2.75) is 32.4 Å². The third kappa shape index (κ3) is 5.11. The van der Waals surface area contributed by atoms with Crippen molar-refractivity contribution in [1.29, 1.82) is 0 Å². The van der Waals surface area contributed by atoms with E-state index in [1.54, 1.807) is 37.7 Å². The molecule has 1 unspecified atom stereocenters. The van der Waals surface area contributed by atoms with Crippen LogP contribution in [0.25, 0.3) is 5.69 Å². The molecule has 7 heteroatoms. The van der Waals surface area contributed by atoms with E-state index in [-0.39, 0.29) is 17.8 Å². The van der Waals surface area contributed by atoms with Gasteiger partial charge in [-0.2, -0.15) is 0 Å². The maximum absolute atomic E-state index is 13.5. The first-order chi connectivity index (χ1) is 15.0. The molecule has 1 aliphatic rings. The quantitative estimate of drug-likeness (QED) is 0.658. The van der Waals surface area contributed by atoms with Crippen LogP contribution >= 0.6 is 0 Å². The SMILES string of the molecule is COc1cc(C(=O)NC2CCCN(Cc3cccc(F)c3)C2)ccc1-n1cnc(C)c1. The predicted molar refractivity (Wildman–Crippen MR) is 117 cm³/mol. The average molecular weight is 423 g/mol. The number of methoxy groups -OCH3 is 1. The Morgan fingerprint density at radius 2 is 2.16 bits per heavy atom. The molecule has 2 heterocycles. The fourth-order valence-corrected chi connectivity index (χ4v) is 4.06. The van der Waals surface area contributed by atoms with E-state index in [4.69, 9.17) is 4.74 Å². The number of carbonyl (C=O) groups is 1. The number of aromatic nitrogens is 2. The lowest BCUT2D eigenvalue weighted by Gasteiger charge is -2.33. The lowest BCUT2D eigenvalue weighted by Crippen LogP contribution is -2.47. The normalized spacial score (nSPS) is 16.8. The molecule has 3 aromatic rings. The molecule has 1 saturated heterocycles. The van der Waals surface area contributed by atoms with E-state index in [9.17, 15) is 9.18 Å². The molecule has 0 bridgehead atoms. The van der Waals surface area contributed by atoms with Crippen molar-refractivity contribution in [2.24, 2.45) is 0 Å². The van der Waals surface area contributed by atoms with Crippen molar-refractivity contribution in [3.63, 3.8) is 0 Å². The first-order valence-corrected chi connectivity index (χ1v) is 10.5. The molecule has 0 radical (unpaired) electrons. The van der Waals surface area contributed by atoms with Gasteiger partial charge in [0.25, 0.3) is 5.91 Å². The number of halogens is 1. The zero-order valence-corrected chi connectivity index (χ0v) is 17.8. The second-order valence-electron chi connectivity index (χ2n) is 7.99. The Morgan fingerprint density at radius 3 is 2.90 bits per heavy atom. The summed E-state index contributed by atoms with van der Waals surface area (Å²) in [6.45, 7) is 4.28. The number of nitrogens with zero attached hydrogens (tertiary/aromatic N) is 3. The summed E-state index contributed by atoms with van der Waals surface area (Å²) in [6.07, 6.45) is 5.55. The highest BCUT2D eigenvalue weighted by Gasteiger charge is 2.22. The molecular formula is C24H27FN4O2. The maximum atomic E-state index is 13.5. The van der Waals surface area contributed by atoms with E-state index in [0.717, 1.165) is 42.9 Å². The van der Waals surface area contributed by atoms with Gasteiger partial charge >= 0.3 is 0 Å². The van der Waals surface area contributed by atoms with Gasteiger partial charge in [-0.3, -0.25) is 9.69 Å². The lowest BCUT2D eigenvalue weighted by atomic mass is 10.0. The third-order valence-electron chi connectivity index (χ3n) is 5.57. The summed E-state index contributed by atoms with van der Waals surface area (Å²) in [6, 6.07) is 12.2. The van der Waals surface area contributed by atoms with Crippen LogP contribution in [0.1, 0.15) is 34.5 Å². The van der Waals surface area contributed by atoms with E-state index in [0.29, 0.717) is 17.9 Å². The van der Waals surface area contributed by atoms with Gasteiger partial charge in [0.05, 0.1) is 24.8 Å². The molecule has 4 rings (SSSR count). The van der Waals surface area contributed by atoms with Crippen molar-refractivity contribution in [2.75, 3.05) is 20.2 Å². The minimum atomic E-state index is -0.220. The van der Waals surface area contributed by atoms with Gasteiger partial charge in [0.2, 0.25) is 0 Å². The number of hydrogen-bond donors (Lipinski definition) is 1. The second-order valence-corrected chi connectivity index (χ2v) is 7.99. The van der Waals surface area contributed by atoms with E-state index in [2.05, 4.69) is 15.2 Å². The van der Waals surface area contributed by atoms with Gasteiger partial charge in [-0.25, -0.2) is 9.37 Å². The van der Waals surface area contributed by atoms with Gasteiger partial charge in [-0.1, -0.05) is 12.1 Å². The Balaban J connectivity index is 1.41. The largest absolute Gasteiger partial charge is 0.495 e. The Morgan fingerprint density at radius 1 is 1.29 bits per heavy atom. The molecule has 162 valence electrons. The maximum Gasteiger partial charge on any atom is 0.251 e. The number of benzene rings is 2. The molecule has 31 heavy (non-hydrogen) atoms. The van der Waals surface area contributed by atoms with Crippen LogP contribution in [0.4, 0.5) is 4.39 Å². The highest BCUT2D eigenvalue weighted by molar-refractivity contribution is 5.95. The molecular weight excluding hydrogens is 395 g/mol. The highest BCUT2D eigenvalue weighted by atomic mass is 19.1. The summed E-state index contributed by atoms with van der Waals surface area (Å²) in [5.41, 5.74) is 3.24. The number of ether oxygens (including phenoxy) is 1. The van der Waals surface area contributed by atoms with Crippen LogP contribution in [0.2, 0.25) is 0 Å². The standard InChI is InChI=1S/C24H27FN4O2/c1-17-13-29(16-26-17)22-9-8-19(12-23(22)31-2)24(30)27-21-7-4-10-28(15-21)14-18-5-3-6-20(25)11-18/h3,5-6,8-9,11-13,16,21H,4,7,10,14-15H2,1-2H3,(H,27,30). The monoisotopic (exact) mass is 422 g/mol.